The first-order valence-electron chi connectivity index (χ1n) is 4.96. The molecule has 0 bridgehead atoms. The molecule has 0 fully saturated rings. The average Bonchev–Trinajstić information content (AvgIpc) is 2.16. The summed E-state index contributed by atoms with van der Waals surface area (Å²) in [5.41, 5.74) is -1.05. The molecule has 0 spiro atoms. The number of nitrogens with zero attached hydrogens (tertiary/aromatic N) is 1. The quantitative estimate of drug-likeness (QED) is 0.737. The van der Waals surface area contributed by atoms with Crippen LogP contribution < -0.4 is 0 Å². The Morgan fingerprint density at radius 2 is 1.93 bits per heavy atom. The molecular formula is C11H21NO2. The van der Waals surface area contributed by atoms with Crippen LogP contribution in [-0.4, -0.2) is 23.9 Å². The predicted molar refractivity (Wildman–Crippen MR) is 55.7 cm³/mol. The second-order valence-electron chi connectivity index (χ2n) is 4.57. The molecule has 0 aliphatic rings. The van der Waals surface area contributed by atoms with Gasteiger partial charge in [-0.05, 0) is 27.2 Å². The standard InChI is InChI=1S/C11H21NO2/c1-6-11(4,8-12)9(13)7-10(2,3)14-5/h9,13H,6-7H2,1-5H3. The molecule has 14 heavy (non-hydrogen) atoms. The summed E-state index contributed by atoms with van der Waals surface area (Å²) in [6, 6.07) is 2.17. The Hall–Kier alpha value is -0.590. The van der Waals surface area contributed by atoms with Gasteiger partial charge in [-0.1, -0.05) is 6.92 Å². The van der Waals surface area contributed by atoms with Crippen molar-refractivity contribution < 1.29 is 9.84 Å². The maximum atomic E-state index is 9.93. The highest BCUT2D eigenvalue weighted by Crippen LogP contribution is 2.30. The van der Waals surface area contributed by atoms with E-state index in [0.717, 1.165) is 0 Å². The third-order valence-electron chi connectivity index (χ3n) is 2.96. The van der Waals surface area contributed by atoms with Crippen molar-refractivity contribution in [3.05, 3.63) is 0 Å². The normalized spacial score (nSPS) is 18.4. The van der Waals surface area contributed by atoms with Gasteiger partial charge in [0.05, 0.1) is 23.2 Å². The van der Waals surface area contributed by atoms with Gasteiger partial charge < -0.3 is 9.84 Å². The van der Waals surface area contributed by atoms with E-state index in [1.807, 2.05) is 20.8 Å². The Labute approximate surface area is 86.7 Å². The van der Waals surface area contributed by atoms with E-state index in [4.69, 9.17) is 10.00 Å². The molecule has 0 aliphatic heterocycles. The number of rotatable bonds is 5. The zero-order chi connectivity index (χ0) is 11.4. The summed E-state index contributed by atoms with van der Waals surface area (Å²) < 4.78 is 5.22. The summed E-state index contributed by atoms with van der Waals surface area (Å²) in [4.78, 5) is 0. The molecule has 0 saturated heterocycles. The first-order valence-corrected chi connectivity index (χ1v) is 4.96. The van der Waals surface area contributed by atoms with Gasteiger partial charge in [0.25, 0.3) is 0 Å². The number of nitriles is 1. The molecule has 0 aromatic carbocycles. The van der Waals surface area contributed by atoms with E-state index in [2.05, 4.69) is 6.07 Å². The topological polar surface area (TPSA) is 53.2 Å². The van der Waals surface area contributed by atoms with Crippen LogP contribution >= 0.6 is 0 Å². The highest BCUT2D eigenvalue weighted by molar-refractivity contribution is 5.01. The van der Waals surface area contributed by atoms with E-state index in [-0.39, 0.29) is 5.60 Å². The Bertz CT molecular complexity index is 220. The molecule has 0 rings (SSSR count). The van der Waals surface area contributed by atoms with E-state index < -0.39 is 11.5 Å². The SMILES string of the molecule is CCC(C)(C#N)C(O)CC(C)(C)OC. The van der Waals surface area contributed by atoms with Crippen LogP contribution in [-0.2, 0) is 4.74 Å². The molecule has 3 nitrogen and oxygen atoms in total. The van der Waals surface area contributed by atoms with Crippen molar-refractivity contribution >= 4 is 0 Å². The zero-order valence-corrected chi connectivity index (χ0v) is 9.79. The Balaban J connectivity index is 4.49. The fourth-order valence-electron chi connectivity index (χ4n) is 1.16. The number of aliphatic hydroxyl groups is 1. The summed E-state index contributed by atoms with van der Waals surface area (Å²) in [5, 5.41) is 18.9. The van der Waals surface area contributed by atoms with Crippen molar-refractivity contribution in [3.63, 3.8) is 0 Å². The van der Waals surface area contributed by atoms with Gasteiger partial charge in [0.1, 0.15) is 0 Å². The van der Waals surface area contributed by atoms with Gasteiger partial charge in [-0.25, -0.2) is 0 Å². The molecule has 0 heterocycles. The monoisotopic (exact) mass is 199 g/mol. The van der Waals surface area contributed by atoms with Gasteiger partial charge in [0.15, 0.2) is 0 Å². The van der Waals surface area contributed by atoms with Crippen molar-refractivity contribution in [1.29, 1.82) is 5.26 Å². The number of hydrogen-bond acceptors (Lipinski definition) is 3. The molecule has 0 saturated carbocycles. The molecular weight excluding hydrogens is 178 g/mol. The zero-order valence-electron chi connectivity index (χ0n) is 9.79. The van der Waals surface area contributed by atoms with Crippen molar-refractivity contribution in [1.82, 2.24) is 0 Å². The lowest BCUT2D eigenvalue weighted by Crippen LogP contribution is -2.38. The first-order chi connectivity index (χ1) is 6.31. The van der Waals surface area contributed by atoms with Gasteiger partial charge in [-0.15, -0.1) is 0 Å². The highest BCUT2D eigenvalue weighted by atomic mass is 16.5. The van der Waals surface area contributed by atoms with Crippen LogP contribution in [0.3, 0.4) is 0 Å². The van der Waals surface area contributed by atoms with Gasteiger partial charge in [0.2, 0.25) is 0 Å². The van der Waals surface area contributed by atoms with Crippen LogP contribution in [0.4, 0.5) is 0 Å². The minimum absolute atomic E-state index is 0.382. The minimum Gasteiger partial charge on any atom is -0.391 e. The van der Waals surface area contributed by atoms with Crippen LogP contribution in [0.5, 0.6) is 0 Å². The van der Waals surface area contributed by atoms with Gasteiger partial charge in [-0.3, -0.25) is 0 Å². The lowest BCUT2D eigenvalue weighted by Gasteiger charge is -2.32. The number of hydrogen-bond donors (Lipinski definition) is 1. The van der Waals surface area contributed by atoms with Crippen LogP contribution in [0.1, 0.15) is 40.5 Å². The van der Waals surface area contributed by atoms with Crippen molar-refractivity contribution in [2.75, 3.05) is 7.11 Å². The van der Waals surface area contributed by atoms with E-state index >= 15 is 0 Å². The highest BCUT2D eigenvalue weighted by Gasteiger charge is 2.35. The Morgan fingerprint density at radius 3 is 2.21 bits per heavy atom. The largest absolute Gasteiger partial charge is 0.391 e. The Morgan fingerprint density at radius 1 is 1.43 bits per heavy atom. The minimum atomic E-state index is -0.671. The average molecular weight is 199 g/mol. The fourth-order valence-corrected chi connectivity index (χ4v) is 1.16. The third-order valence-corrected chi connectivity index (χ3v) is 2.96. The molecule has 0 radical (unpaired) electrons. The van der Waals surface area contributed by atoms with Crippen LogP contribution in [0.25, 0.3) is 0 Å². The van der Waals surface area contributed by atoms with E-state index in [1.54, 1.807) is 14.0 Å². The number of ether oxygens (including phenoxy) is 1. The molecule has 82 valence electrons. The summed E-state index contributed by atoms with van der Waals surface area (Å²) in [6.45, 7) is 7.50. The second-order valence-corrected chi connectivity index (χ2v) is 4.57. The lowest BCUT2D eigenvalue weighted by atomic mass is 9.78. The Kier molecular flexibility index (Phi) is 4.57. The van der Waals surface area contributed by atoms with E-state index in [9.17, 15) is 5.11 Å². The molecule has 0 aromatic rings. The van der Waals surface area contributed by atoms with Crippen molar-refractivity contribution in [2.45, 2.75) is 52.2 Å². The number of methoxy groups -OCH3 is 1. The first kappa shape index (κ1) is 13.4. The molecule has 2 atom stereocenters. The van der Waals surface area contributed by atoms with E-state index in [0.29, 0.717) is 12.8 Å². The fraction of sp³-hybridized carbons (Fsp3) is 0.909. The van der Waals surface area contributed by atoms with Crippen molar-refractivity contribution in [3.8, 4) is 6.07 Å². The maximum absolute atomic E-state index is 9.93. The van der Waals surface area contributed by atoms with Gasteiger partial charge >= 0.3 is 0 Å². The second kappa shape index (κ2) is 4.77. The summed E-state index contributed by atoms with van der Waals surface area (Å²) in [7, 11) is 1.61. The maximum Gasteiger partial charge on any atom is 0.0802 e. The van der Waals surface area contributed by atoms with Crippen LogP contribution in [0, 0.1) is 16.7 Å². The molecule has 0 aliphatic carbocycles. The lowest BCUT2D eigenvalue weighted by molar-refractivity contribution is -0.0449. The van der Waals surface area contributed by atoms with Gasteiger partial charge in [-0.2, -0.15) is 5.26 Å². The molecule has 1 N–H and O–H groups in total. The number of aliphatic hydroxyl groups excluding tert-OH is 1. The van der Waals surface area contributed by atoms with Crippen LogP contribution in [0.15, 0.2) is 0 Å². The molecule has 2 unspecified atom stereocenters. The summed E-state index contributed by atoms with van der Waals surface area (Å²) in [5.74, 6) is 0. The van der Waals surface area contributed by atoms with Gasteiger partial charge in [0, 0.05) is 13.5 Å². The van der Waals surface area contributed by atoms with E-state index in [1.165, 1.54) is 0 Å². The smallest absolute Gasteiger partial charge is 0.0802 e. The molecule has 3 heteroatoms. The predicted octanol–water partition coefficient (Wildman–Crippen LogP) is 2.10. The molecule has 0 aromatic heterocycles. The molecule has 0 amide bonds. The summed E-state index contributed by atoms with van der Waals surface area (Å²) >= 11 is 0. The van der Waals surface area contributed by atoms with Crippen molar-refractivity contribution in [2.24, 2.45) is 5.41 Å². The third kappa shape index (κ3) is 3.28. The summed E-state index contributed by atoms with van der Waals surface area (Å²) in [6.07, 6.45) is 0.471. The van der Waals surface area contributed by atoms with Crippen LogP contribution in [0.2, 0.25) is 0 Å².